The summed E-state index contributed by atoms with van der Waals surface area (Å²) in [5.41, 5.74) is 1.09. The molecule has 0 aliphatic heterocycles. The van der Waals surface area contributed by atoms with Crippen molar-refractivity contribution >= 4 is 34.4 Å². The summed E-state index contributed by atoms with van der Waals surface area (Å²) in [5, 5.41) is 33.7. The highest BCUT2D eigenvalue weighted by molar-refractivity contribution is 14.1. The van der Waals surface area contributed by atoms with E-state index in [1.54, 1.807) is 18.2 Å². The number of rotatable bonds is 12. The zero-order valence-electron chi connectivity index (χ0n) is 25.2. The SMILES string of the molecule is COc1cc(CO)cc(I)c1O[C@H]1C=C(C(=O)NCCO)C[C@@H](N(CC2CCCCC2)C(=O)CC2CC3CCC2C3)[C@@H]1O. The average molecular weight is 711 g/mol. The highest BCUT2D eigenvalue weighted by Gasteiger charge is 2.44. The van der Waals surface area contributed by atoms with Crippen molar-refractivity contribution < 1.29 is 34.4 Å². The predicted octanol–water partition coefficient (Wildman–Crippen LogP) is 3.94. The number of amides is 2. The van der Waals surface area contributed by atoms with Crippen LogP contribution in [0.2, 0.25) is 0 Å². The number of halogens is 1. The molecule has 6 atom stereocenters. The molecule has 2 amide bonds. The van der Waals surface area contributed by atoms with Gasteiger partial charge < -0.3 is 35.0 Å². The Morgan fingerprint density at radius 3 is 2.53 bits per heavy atom. The second-order valence-corrected chi connectivity index (χ2v) is 14.1. The van der Waals surface area contributed by atoms with Crippen LogP contribution in [0.4, 0.5) is 0 Å². The van der Waals surface area contributed by atoms with Gasteiger partial charge in [-0.15, -0.1) is 0 Å². The van der Waals surface area contributed by atoms with Gasteiger partial charge in [0.25, 0.3) is 0 Å². The largest absolute Gasteiger partial charge is 0.493 e. The lowest BCUT2D eigenvalue weighted by Gasteiger charge is -2.43. The van der Waals surface area contributed by atoms with Crippen LogP contribution in [0.1, 0.15) is 76.2 Å². The van der Waals surface area contributed by atoms with E-state index in [0.717, 1.165) is 38.0 Å². The number of benzene rings is 1. The summed E-state index contributed by atoms with van der Waals surface area (Å²) in [5.74, 6) is 2.68. The van der Waals surface area contributed by atoms with Crippen LogP contribution in [-0.4, -0.2) is 77.1 Å². The van der Waals surface area contributed by atoms with Gasteiger partial charge in [0.15, 0.2) is 11.5 Å². The standard InChI is InChI=1S/C33H47IN2O7/c1-42-29-14-22(19-38)13-26(34)32(29)43-28-16-25(33(41)35-9-10-37)15-27(31(28)40)36(18-20-5-3-2-4-6-20)30(39)17-24-12-21-7-8-23(24)11-21/h13-14,16,20-21,23-24,27-28,31,37-38,40H,2-12,15,17-19H2,1H3,(H,35,41)/t21?,23?,24?,27-,28+,31+/m1/s1. The highest BCUT2D eigenvalue weighted by atomic mass is 127. The zero-order chi connectivity index (χ0) is 30.5. The zero-order valence-corrected chi connectivity index (χ0v) is 27.3. The average Bonchev–Trinajstić information content (AvgIpc) is 3.64. The molecule has 3 unspecified atom stereocenters. The third-order valence-electron chi connectivity index (χ3n) is 10.2. The van der Waals surface area contributed by atoms with Crippen molar-refractivity contribution in [3.05, 3.63) is 32.9 Å². The van der Waals surface area contributed by atoms with E-state index in [4.69, 9.17) is 9.47 Å². The fourth-order valence-corrected chi connectivity index (χ4v) is 8.73. The molecule has 0 saturated heterocycles. The first-order valence-electron chi connectivity index (χ1n) is 16.0. The first kappa shape index (κ1) is 32.5. The number of fused-ring (bicyclic) bond motifs is 2. The molecule has 0 aromatic heterocycles. The van der Waals surface area contributed by atoms with E-state index >= 15 is 0 Å². The van der Waals surface area contributed by atoms with Crippen LogP contribution in [0, 0.1) is 27.2 Å². The Morgan fingerprint density at radius 2 is 1.88 bits per heavy atom. The number of carbonyl (C=O) groups excluding carboxylic acids is 2. The van der Waals surface area contributed by atoms with Crippen molar-refractivity contribution in [1.29, 1.82) is 0 Å². The van der Waals surface area contributed by atoms with Gasteiger partial charge in [-0.1, -0.05) is 25.7 Å². The first-order valence-corrected chi connectivity index (χ1v) is 17.1. The normalized spacial score (nSPS) is 28.8. The number of hydrogen-bond donors (Lipinski definition) is 4. The van der Waals surface area contributed by atoms with Crippen molar-refractivity contribution in [2.45, 2.75) is 95.5 Å². The molecule has 0 heterocycles. The molecule has 0 spiro atoms. The molecule has 10 heteroatoms. The van der Waals surface area contributed by atoms with E-state index in [1.807, 2.05) is 4.90 Å². The maximum Gasteiger partial charge on any atom is 0.247 e. The maximum absolute atomic E-state index is 14.2. The number of carbonyl (C=O) groups is 2. The Bertz CT molecular complexity index is 1170. The summed E-state index contributed by atoms with van der Waals surface area (Å²) in [7, 11) is 1.52. The number of ether oxygens (including phenoxy) is 2. The molecule has 2 bridgehead atoms. The summed E-state index contributed by atoms with van der Waals surface area (Å²) in [6.45, 7) is 0.341. The molecule has 1 aromatic carbocycles. The Hall–Kier alpha value is -1.89. The van der Waals surface area contributed by atoms with Crippen molar-refractivity contribution in [2.24, 2.45) is 23.7 Å². The monoisotopic (exact) mass is 710 g/mol. The van der Waals surface area contributed by atoms with Gasteiger partial charge in [-0.3, -0.25) is 9.59 Å². The molecule has 238 valence electrons. The molecular formula is C33H47IN2O7. The lowest BCUT2D eigenvalue weighted by molar-refractivity contribution is -0.141. The molecule has 4 N–H and O–H groups in total. The van der Waals surface area contributed by atoms with Gasteiger partial charge in [0, 0.05) is 31.5 Å². The summed E-state index contributed by atoms with van der Waals surface area (Å²) >= 11 is 2.11. The first-order chi connectivity index (χ1) is 20.8. The number of nitrogens with one attached hydrogen (secondary N) is 1. The van der Waals surface area contributed by atoms with E-state index in [2.05, 4.69) is 27.9 Å². The molecule has 3 fully saturated rings. The third-order valence-corrected chi connectivity index (χ3v) is 11.0. The van der Waals surface area contributed by atoms with Crippen LogP contribution in [-0.2, 0) is 16.2 Å². The lowest BCUT2D eigenvalue weighted by atomic mass is 9.83. The van der Waals surface area contributed by atoms with Crippen LogP contribution >= 0.6 is 22.6 Å². The molecule has 1 aromatic rings. The van der Waals surface area contributed by atoms with E-state index in [1.165, 1.54) is 32.8 Å². The van der Waals surface area contributed by atoms with Crippen LogP contribution in [0.3, 0.4) is 0 Å². The number of nitrogens with zero attached hydrogens (tertiary/aromatic N) is 1. The maximum atomic E-state index is 14.2. The molecule has 4 aliphatic carbocycles. The van der Waals surface area contributed by atoms with Gasteiger partial charge in [0.1, 0.15) is 12.2 Å². The van der Waals surface area contributed by atoms with Crippen LogP contribution in [0.25, 0.3) is 0 Å². The van der Waals surface area contributed by atoms with Gasteiger partial charge in [-0.05, 0) is 102 Å². The van der Waals surface area contributed by atoms with Crippen LogP contribution < -0.4 is 14.8 Å². The fraction of sp³-hybridized carbons (Fsp3) is 0.697. The predicted molar refractivity (Wildman–Crippen MR) is 170 cm³/mol. The van der Waals surface area contributed by atoms with Crippen LogP contribution in [0.5, 0.6) is 11.5 Å². The summed E-state index contributed by atoms with van der Waals surface area (Å²) in [4.78, 5) is 29.3. The Balaban J connectivity index is 1.45. The number of hydrogen-bond acceptors (Lipinski definition) is 7. The third kappa shape index (κ3) is 7.68. The fourth-order valence-electron chi connectivity index (χ4n) is 7.93. The molecule has 4 aliphatic rings. The quantitative estimate of drug-likeness (QED) is 0.242. The number of aliphatic hydroxyl groups is 3. The van der Waals surface area contributed by atoms with Crippen molar-refractivity contribution in [2.75, 3.05) is 26.8 Å². The van der Waals surface area contributed by atoms with Gasteiger partial charge in [0.05, 0.1) is 29.9 Å². The minimum Gasteiger partial charge on any atom is -0.493 e. The van der Waals surface area contributed by atoms with Gasteiger partial charge >= 0.3 is 0 Å². The molecule has 43 heavy (non-hydrogen) atoms. The van der Waals surface area contributed by atoms with E-state index in [9.17, 15) is 24.9 Å². The van der Waals surface area contributed by atoms with Gasteiger partial charge in [0.2, 0.25) is 11.8 Å². The van der Waals surface area contributed by atoms with E-state index < -0.39 is 18.2 Å². The second-order valence-electron chi connectivity index (χ2n) is 13.0. The minimum atomic E-state index is -1.07. The van der Waals surface area contributed by atoms with E-state index in [-0.39, 0.29) is 38.0 Å². The summed E-state index contributed by atoms with van der Waals surface area (Å²) in [6, 6.07) is 2.85. The molecular weight excluding hydrogens is 663 g/mol. The number of aliphatic hydroxyl groups excluding tert-OH is 3. The highest BCUT2D eigenvalue weighted by Crippen LogP contribution is 2.50. The number of methoxy groups -OCH3 is 1. The molecule has 5 rings (SSSR count). The lowest BCUT2D eigenvalue weighted by Crippen LogP contribution is -2.56. The smallest absolute Gasteiger partial charge is 0.247 e. The minimum absolute atomic E-state index is 0.0717. The molecule has 3 saturated carbocycles. The second kappa shape index (κ2) is 14.9. The summed E-state index contributed by atoms with van der Waals surface area (Å²) in [6.07, 6.45) is 10.8. The van der Waals surface area contributed by atoms with Crippen molar-refractivity contribution in [3.63, 3.8) is 0 Å². The van der Waals surface area contributed by atoms with Crippen LogP contribution in [0.15, 0.2) is 23.8 Å². The van der Waals surface area contributed by atoms with Gasteiger partial charge in [-0.25, -0.2) is 0 Å². The summed E-state index contributed by atoms with van der Waals surface area (Å²) < 4.78 is 12.7. The van der Waals surface area contributed by atoms with Crippen molar-refractivity contribution in [1.82, 2.24) is 10.2 Å². The Labute approximate surface area is 268 Å². The topological polar surface area (TPSA) is 129 Å². The Morgan fingerprint density at radius 1 is 1.09 bits per heavy atom. The van der Waals surface area contributed by atoms with Gasteiger partial charge in [-0.2, -0.15) is 0 Å². The molecule has 0 radical (unpaired) electrons. The van der Waals surface area contributed by atoms with Crippen molar-refractivity contribution in [3.8, 4) is 11.5 Å². The van der Waals surface area contributed by atoms with E-state index in [0.29, 0.717) is 56.9 Å². The Kier molecular flexibility index (Phi) is 11.3. The molecule has 9 nitrogen and oxygen atoms in total.